The zero-order valence-corrected chi connectivity index (χ0v) is 23.8. The number of carbonyl (C=O) groups is 1. The summed E-state index contributed by atoms with van der Waals surface area (Å²) in [4.78, 5) is 18.0. The van der Waals surface area contributed by atoms with Gasteiger partial charge in [0.15, 0.2) is 0 Å². The van der Waals surface area contributed by atoms with E-state index in [1.807, 2.05) is 13.8 Å². The van der Waals surface area contributed by atoms with E-state index >= 15 is 0 Å². The van der Waals surface area contributed by atoms with Crippen LogP contribution in [0.5, 0.6) is 5.75 Å². The molecule has 210 valence electrons. The number of sulfonamides is 1. The average molecular weight is 540 g/mol. The molecule has 10 heteroatoms. The van der Waals surface area contributed by atoms with Crippen LogP contribution in [0.4, 0.5) is 5.69 Å². The standard InChI is InChI=1S/C27H45N3O6S/c1-19-15-30(20(2)18-31)27(32)24-14-23(28-37(5,33)34)11-12-25(24)36-21(3)8-6-7-13-35-26(19)17-29(4)16-22-9-10-22/h11-12,14,19-22,26,28,31H,6-10,13,15-18H2,1-5H3/t19-,20-,21-,26+/m1/s1. The van der Waals surface area contributed by atoms with Crippen molar-refractivity contribution in [1.29, 1.82) is 0 Å². The van der Waals surface area contributed by atoms with Crippen molar-refractivity contribution in [2.75, 3.05) is 50.9 Å². The highest BCUT2D eigenvalue weighted by atomic mass is 32.2. The molecule has 2 N–H and O–H groups in total. The number of rotatable bonds is 8. The lowest BCUT2D eigenvalue weighted by Crippen LogP contribution is -2.47. The number of hydrogen-bond donors (Lipinski definition) is 2. The number of benzene rings is 1. The Labute approximate surface area is 222 Å². The number of aliphatic hydroxyl groups excluding tert-OH is 1. The van der Waals surface area contributed by atoms with Gasteiger partial charge in [0.1, 0.15) is 5.75 Å². The Bertz CT molecular complexity index is 1000. The number of nitrogens with one attached hydrogen (secondary N) is 1. The van der Waals surface area contributed by atoms with E-state index in [0.29, 0.717) is 24.6 Å². The maximum atomic E-state index is 14.0. The van der Waals surface area contributed by atoms with Gasteiger partial charge in [-0.3, -0.25) is 9.52 Å². The van der Waals surface area contributed by atoms with E-state index in [9.17, 15) is 18.3 Å². The van der Waals surface area contributed by atoms with E-state index < -0.39 is 16.1 Å². The summed E-state index contributed by atoms with van der Waals surface area (Å²) in [5, 5.41) is 10.0. The van der Waals surface area contributed by atoms with Crippen molar-refractivity contribution in [3.05, 3.63) is 23.8 Å². The Morgan fingerprint density at radius 2 is 1.92 bits per heavy atom. The molecule has 37 heavy (non-hydrogen) atoms. The van der Waals surface area contributed by atoms with Gasteiger partial charge in [-0.1, -0.05) is 6.92 Å². The molecule has 1 aromatic rings. The van der Waals surface area contributed by atoms with Crippen LogP contribution in [-0.4, -0.2) is 93.6 Å². The molecule has 0 radical (unpaired) electrons. The van der Waals surface area contributed by atoms with Gasteiger partial charge in [-0.05, 0) is 77.1 Å². The molecule has 4 atom stereocenters. The Balaban J connectivity index is 1.93. The van der Waals surface area contributed by atoms with Gasteiger partial charge < -0.3 is 24.4 Å². The van der Waals surface area contributed by atoms with Crippen LogP contribution in [0.3, 0.4) is 0 Å². The Morgan fingerprint density at radius 3 is 2.57 bits per heavy atom. The highest BCUT2D eigenvalue weighted by molar-refractivity contribution is 7.92. The molecule has 1 aliphatic heterocycles. The van der Waals surface area contributed by atoms with E-state index in [0.717, 1.165) is 44.5 Å². The second-order valence-corrected chi connectivity index (χ2v) is 12.8. The third-order valence-corrected chi connectivity index (χ3v) is 7.72. The van der Waals surface area contributed by atoms with E-state index in [4.69, 9.17) is 9.47 Å². The molecule has 2 aliphatic rings. The summed E-state index contributed by atoms with van der Waals surface area (Å²) in [7, 11) is -1.39. The van der Waals surface area contributed by atoms with Crippen molar-refractivity contribution in [3.8, 4) is 5.75 Å². The van der Waals surface area contributed by atoms with Crippen molar-refractivity contribution >= 4 is 21.6 Å². The first-order valence-corrected chi connectivity index (χ1v) is 15.4. The molecule has 0 saturated heterocycles. The minimum Gasteiger partial charge on any atom is -0.490 e. The summed E-state index contributed by atoms with van der Waals surface area (Å²) in [6.07, 6.45) is 6.12. The molecular weight excluding hydrogens is 494 g/mol. The lowest BCUT2D eigenvalue weighted by molar-refractivity contribution is -0.0172. The third-order valence-electron chi connectivity index (χ3n) is 7.11. The number of anilines is 1. The molecule has 0 bridgehead atoms. The maximum absolute atomic E-state index is 14.0. The Hall–Kier alpha value is -1.88. The minimum absolute atomic E-state index is 0.0168. The first kappa shape index (κ1) is 29.7. The molecule has 0 unspecified atom stereocenters. The van der Waals surface area contributed by atoms with Crippen molar-refractivity contribution < 1.29 is 27.8 Å². The predicted octanol–water partition coefficient (Wildman–Crippen LogP) is 3.20. The van der Waals surface area contributed by atoms with Crippen LogP contribution in [0.2, 0.25) is 0 Å². The van der Waals surface area contributed by atoms with Crippen molar-refractivity contribution in [2.45, 2.75) is 71.1 Å². The SMILES string of the molecule is C[C@@H]1CCCCO[C@@H](CN(C)CC2CC2)[C@H](C)CN([C@H](C)CO)C(=O)c2cc(NS(C)(=O)=O)ccc2O1. The average Bonchev–Trinajstić information content (AvgIpc) is 3.63. The molecule has 1 amide bonds. The first-order chi connectivity index (χ1) is 17.5. The van der Waals surface area contributed by atoms with Crippen LogP contribution >= 0.6 is 0 Å². The molecule has 0 spiro atoms. The number of nitrogens with zero attached hydrogens (tertiary/aromatic N) is 2. The molecule has 9 nitrogen and oxygen atoms in total. The smallest absolute Gasteiger partial charge is 0.258 e. The van der Waals surface area contributed by atoms with Crippen molar-refractivity contribution in [3.63, 3.8) is 0 Å². The number of carbonyl (C=O) groups excluding carboxylic acids is 1. The predicted molar refractivity (Wildman–Crippen MR) is 146 cm³/mol. The van der Waals surface area contributed by atoms with Gasteiger partial charge in [0.2, 0.25) is 10.0 Å². The Kier molecular flexibility index (Phi) is 10.6. The van der Waals surface area contributed by atoms with Gasteiger partial charge in [-0.2, -0.15) is 0 Å². The minimum atomic E-state index is -3.52. The number of amides is 1. The van der Waals surface area contributed by atoms with E-state index in [-0.39, 0.29) is 36.2 Å². The molecule has 3 rings (SSSR count). The highest BCUT2D eigenvalue weighted by Gasteiger charge is 2.31. The number of ether oxygens (including phenoxy) is 2. The number of hydrogen-bond acceptors (Lipinski definition) is 7. The van der Waals surface area contributed by atoms with Gasteiger partial charge in [0, 0.05) is 37.8 Å². The lowest BCUT2D eigenvalue weighted by Gasteiger charge is -2.36. The summed E-state index contributed by atoms with van der Waals surface area (Å²) < 4.78 is 38.7. The maximum Gasteiger partial charge on any atom is 0.258 e. The molecule has 1 fully saturated rings. The summed E-state index contributed by atoms with van der Waals surface area (Å²) in [6.45, 7) is 8.56. The van der Waals surface area contributed by atoms with E-state index in [1.165, 1.54) is 18.9 Å². The number of likely N-dealkylation sites (N-methyl/N-ethyl adjacent to an activating group) is 1. The zero-order valence-electron chi connectivity index (χ0n) is 23.0. The second kappa shape index (κ2) is 13.3. The highest BCUT2D eigenvalue weighted by Crippen LogP contribution is 2.30. The normalized spacial score (nSPS) is 25.2. The van der Waals surface area contributed by atoms with Gasteiger partial charge in [-0.25, -0.2) is 8.42 Å². The van der Waals surface area contributed by atoms with Crippen molar-refractivity contribution in [1.82, 2.24) is 9.80 Å². The van der Waals surface area contributed by atoms with Crippen LogP contribution in [0, 0.1) is 11.8 Å². The molecule has 0 aromatic heterocycles. The van der Waals surface area contributed by atoms with Crippen LogP contribution in [-0.2, 0) is 14.8 Å². The lowest BCUT2D eigenvalue weighted by atomic mass is 10.0. The van der Waals surface area contributed by atoms with Crippen molar-refractivity contribution in [2.24, 2.45) is 11.8 Å². The fourth-order valence-corrected chi connectivity index (χ4v) is 5.34. The number of aliphatic hydroxyl groups is 1. The summed E-state index contributed by atoms with van der Waals surface area (Å²) in [5.74, 6) is 0.894. The quantitative estimate of drug-likeness (QED) is 0.522. The monoisotopic (exact) mass is 539 g/mol. The second-order valence-electron chi connectivity index (χ2n) is 11.0. The molecular formula is C27H45N3O6S. The van der Waals surface area contributed by atoms with Gasteiger partial charge in [0.25, 0.3) is 5.91 Å². The fourth-order valence-electron chi connectivity index (χ4n) is 4.79. The van der Waals surface area contributed by atoms with Gasteiger partial charge >= 0.3 is 0 Å². The first-order valence-electron chi connectivity index (χ1n) is 13.5. The summed E-state index contributed by atoms with van der Waals surface area (Å²) in [5.41, 5.74) is 0.563. The molecule has 1 aromatic carbocycles. The van der Waals surface area contributed by atoms with E-state index in [2.05, 4.69) is 23.6 Å². The molecule has 1 saturated carbocycles. The zero-order chi connectivity index (χ0) is 27.2. The number of fused-ring (bicyclic) bond motifs is 1. The largest absolute Gasteiger partial charge is 0.490 e. The van der Waals surface area contributed by atoms with Crippen LogP contribution in [0.15, 0.2) is 18.2 Å². The molecule has 1 aliphatic carbocycles. The summed E-state index contributed by atoms with van der Waals surface area (Å²) in [6, 6.07) is 4.33. The third kappa shape index (κ3) is 9.42. The van der Waals surface area contributed by atoms with Crippen LogP contribution < -0.4 is 9.46 Å². The topological polar surface area (TPSA) is 108 Å². The molecule has 1 heterocycles. The summed E-state index contributed by atoms with van der Waals surface area (Å²) >= 11 is 0. The fraction of sp³-hybridized carbons (Fsp3) is 0.741. The van der Waals surface area contributed by atoms with Gasteiger partial charge in [-0.15, -0.1) is 0 Å². The van der Waals surface area contributed by atoms with Crippen LogP contribution in [0.25, 0.3) is 0 Å². The van der Waals surface area contributed by atoms with Crippen LogP contribution in [0.1, 0.15) is 63.2 Å². The Morgan fingerprint density at radius 1 is 1.19 bits per heavy atom. The van der Waals surface area contributed by atoms with Gasteiger partial charge in [0.05, 0.1) is 36.7 Å². The van der Waals surface area contributed by atoms with E-state index in [1.54, 1.807) is 17.0 Å².